The van der Waals surface area contributed by atoms with Crippen LogP contribution in [0.2, 0.25) is 0 Å². The van der Waals surface area contributed by atoms with Crippen molar-refractivity contribution in [2.75, 3.05) is 26.2 Å². The summed E-state index contributed by atoms with van der Waals surface area (Å²) in [5.41, 5.74) is 7.00. The quantitative estimate of drug-likeness (QED) is 0.746. The van der Waals surface area contributed by atoms with Gasteiger partial charge in [-0.15, -0.1) is 0 Å². The third-order valence-corrected chi connectivity index (χ3v) is 5.68. The normalized spacial score (nSPS) is 20.0. The Kier molecular flexibility index (Phi) is 4.82. The molecule has 4 N–H and O–H groups in total. The van der Waals surface area contributed by atoms with E-state index in [0.717, 1.165) is 12.8 Å². The molecule has 2 aromatic rings. The Labute approximate surface area is 163 Å². The molecule has 1 atom stereocenters. The van der Waals surface area contributed by atoms with Crippen LogP contribution in [0, 0.1) is 5.82 Å². The van der Waals surface area contributed by atoms with Gasteiger partial charge in [0.25, 0.3) is 5.91 Å². The summed E-state index contributed by atoms with van der Waals surface area (Å²) in [6, 6.07) is 10.6. The molecular formula is C21H24FN3O3. The fourth-order valence-corrected chi connectivity index (χ4v) is 3.65. The van der Waals surface area contributed by atoms with Crippen molar-refractivity contribution in [3.8, 4) is 16.9 Å². The summed E-state index contributed by atoms with van der Waals surface area (Å²) < 4.78 is 14.0. The number of phenolic OH excluding ortho intramolecular Hbond substituents is 1. The summed E-state index contributed by atoms with van der Waals surface area (Å²) in [5, 5.41) is 19.9. The Morgan fingerprint density at radius 1 is 1.07 bits per heavy atom. The smallest absolute Gasteiger partial charge is 0.253 e. The fourth-order valence-electron chi connectivity index (χ4n) is 3.65. The number of carbonyl (C=O) groups is 1. The van der Waals surface area contributed by atoms with Gasteiger partial charge in [-0.25, -0.2) is 4.39 Å². The van der Waals surface area contributed by atoms with Gasteiger partial charge in [0.05, 0.1) is 5.54 Å². The molecule has 1 unspecified atom stereocenters. The van der Waals surface area contributed by atoms with Crippen LogP contribution in [0.4, 0.5) is 4.39 Å². The highest BCUT2D eigenvalue weighted by Crippen LogP contribution is 2.37. The number of hydrogen-bond acceptors (Lipinski definition) is 5. The molecule has 1 amide bonds. The predicted octanol–water partition coefficient (Wildman–Crippen LogP) is 1.77. The van der Waals surface area contributed by atoms with E-state index in [4.69, 9.17) is 5.73 Å². The maximum Gasteiger partial charge on any atom is 0.253 e. The largest absolute Gasteiger partial charge is 0.508 e. The van der Waals surface area contributed by atoms with Crippen molar-refractivity contribution in [3.05, 3.63) is 53.8 Å². The first-order valence-corrected chi connectivity index (χ1v) is 9.47. The number of carbonyl (C=O) groups excluding carboxylic acids is 1. The lowest BCUT2D eigenvalue weighted by atomic mass is 10.0. The number of piperazine rings is 1. The molecule has 1 saturated heterocycles. The van der Waals surface area contributed by atoms with Gasteiger partial charge >= 0.3 is 0 Å². The number of aliphatic hydroxyl groups excluding tert-OH is 1. The lowest BCUT2D eigenvalue weighted by Crippen LogP contribution is -2.57. The molecule has 6 nitrogen and oxygen atoms in total. The second-order valence-corrected chi connectivity index (χ2v) is 7.68. The first kappa shape index (κ1) is 18.9. The average Bonchev–Trinajstić information content (AvgIpc) is 3.47. The molecule has 0 spiro atoms. The highest BCUT2D eigenvalue weighted by Gasteiger charge is 2.48. The van der Waals surface area contributed by atoms with Crippen LogP contribution < -0.4 is 5.73 Å². The van der Waals surface area contributed by atoms with Crippen molar-refractivity contribution >= 4 is 5.91 Å². The van der Waals surface area contributed by atoms with Gasteiger partial charge in [-0.1, -0.05) is 12.1 Å². The fraction of sp³-hybridized carbons (Fsp3) is 0.381. The van der Waals surface area contributed by atoms with E-state index in [0.29, 0.717) is 37.3 Å². The molecule has 2 aromatic carbocycles. The maximum atomic E-state index is 14.0. The van der Waals surface area contributed by atoms with Crippen molar-refractivity contribution in [2.24, 2.45) is 5.73 Å². The lowest BCUT2D eigenvalue weighted by Gasteiger charge is -2.39. The molecule has 1 aliphatic heterocycles. The van der Waals surface area contributed by atoms with Crippen LogP contribution in [0.15, 0.2) is 42.5 Å². The first-order chi connectivity index (χ1) is 13.4. The number of nitrogens with two attached hydrogens (primary N) is 1. The average molecular weight is 385 g/mol. The van der Waals surface area contributed by atoms with Crippen LogP contribution in [0.1, 0.15) is 23.2 Å². The summed E-state index contributed by atoms with van der Waals surface area (Å²) in [7, 11) is 0. The molecular weight excluding hydrogens is 361 g/mol. The number of nitrogens with zero attached hydrogens (tertiary/aromatic N) is 2. The third kappa shape index (κ3) is 3.61. The number of phenols is 1. The molecule has 0 aromatic heterocycles. The molecule has 28 heavy (non-hydrogen) atoms. The molecule has 1 heterocycles. The van der Waals surface area contributed by atoms with Crippen molar-refractivity contribution in [3.63, 3.8) is 0 Å². The van der Waals surface area contributed by atoms with E-state index in [1.54, 1.807) is 29.2 Å². The van der Waals surface area contributed by atoms with Crippen molar-refractivity contribution < 1.29 is 19.4 Å². The Morgan fingerprint density at radius 2 is 1.71 bits per heavy atom. The Bertz CT molecular complexity index is 875. The van der Waals surface area contributed by atoms with Gasteiger partial charge < -0.3 is 20.8 Å². The number of aliphatic hydroxyl groups is 1. The number of rotatable bonds is 4. The van der Waals surface area contributed by atoms with Crippen LogP contribution in [0.5, 0.6) is 5.75 Å². The zero-order valence-corrected chi connectivity index (χ0v) is 15.5. The number of halogens is 1. The number of aromatic hydroxyl groups is 1. The van der Waals surface area contributed by atoms with E-state index < -0.39 is 17.6 Å². The summed E-state index contributed by atoms with van der Waals surface area (Å²) in [6.45, 7) is 2.21. The van der Waals surface area contributed by atoms with E-state index >= 15 is 0 Å². The number of hydrogen-bond donors (Lipinski definition) is 3. The molecule has 1 aliphatic carbocycles. The highest BCUT2D eigenvalue weighted by molar-refractivity contribution is 5.94. The Balaban J connectivity index is 1.41. The molecule has 148 valence electrons. The van der Waals surface area contributed by atoms with Crippen LogP contribution in [-0.4, -0.2) is 63.9 Å². The molecule has 0 radical (unpaired) electrons. The van der Waals surface area contributed by atoms with Gasteiger partial charge in [0.15, 0.2) is 0 Å². The molecule has 1 saturated carbocycles. The minimum Gasteiger partial charge on any atom is -0.508 e. The molecule has 7 heteroatoms. The minimum atomic E-state index is -0.652. The van der Waals surface area contributed by atoms with E-state index in [1.807, 2.05) is 4.90 Å². The van der Waals surface area contributed by atoms with Gasteiger partial charge in [0, 0.05) is 37.3 Å². The number of amides is 1. The van der Waals surface area contributed by atoms with E-state index in [1.165, 1.54) is 18.2 Å². The van der Waals surface area contributed by atoms with Crippen molar-refractivity contribution in [1.82, 2.24) is 9.80 Å². The van der Waals surface area contributed by atoms with Crippen LogP contribution in [0.25, 0.3) is 11.1 Å². The van der Waals surface area contributed by atoms with Crippen molar-refractivity contribution in [1.29, 1.82) is 0 Å². The zero-order valence-electron chi connectivity index (χ0n) is 15.5. The minimum absolute atomic E-state index is 0.0120. The van der Waals surface area contributed by atoms with Gasteiger partial charge in [0.1, 0.15) is 17.8 Å². The summed E-state index contributed by atoms with van der Waals surface area (Å²) in [4.78, 5) is 16.4. The third-order valence-electron chi connectivity index (χ3n) is 5.68. The van der Waals surface area contributed by atoms with E-state index in [9.17, 15) is 19.4 Å². The second kappa shape index (κ2) is 7.16. The zero-order chi connectivity index (χ0) is 19.9. The predicted molar refractivity (Wildman–Crippen MR) is 103 cm³/mol. The van der Waals surface area contributed by atoms with Gasteiger partial charge in [-0.05, 0) is 48.7 Å². The highest BCUT2D eigenvalue weighted by atomic mass is 19.1. The molecule has 2 fully saturated rings. The molecule has 2 aliphatic rings. The van der Waals surface area contributed by atoms with Gasteiger partial charge in [-0.3, -0.25) is 9.69 Å². The number of benzene rings is 2. The van der Waals surface area contributed by atoms with Gasteiger partial charge in [0.2, 0.25) is 0 Å². The van der Waals surface area contributed by atoms with Gasteiger partial charge in [-0.2, -0.15) is 0 Å². The topological polar surface area (TPSA) is 90.0 Å². The second-order valence-electron chi connectivity index (χ2n) is 7.68. The van der Waals surface area contributed by atoms with E-state index in [-0.39, 0.29) is 17.2 Å². The van der Waals surface area contributed by atoms with Crippen molar-refractivity contribution in [2.45, 2.75) is 24.6 Å². The SMILES string of the molecule is NC1(C(O)N2CCN(C(=O)c3ccc(-c4cc(O)ccc4F)cc3)CC2)CC1. The molecule has 0 bridgehead atoms. The Morgan fingerprint density at radius 3 is 2.32 bits per heavy atom. The lowest BCUT2D eigenvalue weighted by molar-refractivity contribution is -0.0432. The summed E-state index contributed by atoms with van der Waals surface area (Å²) in [6.07, 6.45) is 1.01. The standard InChI is InChI=1S/C21H24FN3O3/c22-18-6-5-16(26)13-17(18)14-1-3-15(4-2-14)19(27)24-9-11-25(12-10-24)20(28)21(23)7-8-21/h1-6,13,20,26,28H,7-12,23H2. The Hall–Kier alpha value is -2.48. The van der Waals surface area contributed by atoms with Crippen LogP contribution in [-0.2, 0) is 0 Å². The monoisotopic (exact) mass is 385 g/mol. The summed E-state index contributed by atoms with van der Waals surface area (Å²) >= 11 is 0. The molecule has 4 rings (SSSR count). The van der Waals surface area contributed by atoms with Crippen LogP contribution in [0.3, 0.4) is 0 Å². The summed E-state index contributed by atoms with van der Waals surface area (Å²) in [5.74, 6) is -0.534. The van der Waals surface area contributed by atoms with Crippen LogP contribution >= 0.6 is 0 Å². The first-order valence-electron chi connectivity index (χ1n) is 9.47. The van der Waals surface area contributed by atoms with E-state index in [2.05, 4.69) is 0 Å². The maximum absolute atomic E-state index is 14.0.